The van der Waals surface area contributed by atoms with Crippen molar-refractivity contribution in [2.45, 2.75) is 64.7 Å². The molecule has 0 saturated heterocycles. The molecule has 0 aromatic heterocycles. The van der Waals surface area contributed by atoms with Crippen LogP contribution < -0.4 is 4.90 Å². The van der Waals surface area contributed by atoms with E-state index < -0.39 is 6.09 Å². The van der Waals surface area contributed by atoms with Crippen LogP contribution in [0.1, 0.15) is 70.3 Å². The highest BCUT2D eigenvalue weighted by Gasteiger charge is 2.29. The van der Waals surface area contributed by atoms with Crippen LogP contribution in [0.3, 0.4) is 0 Å². The van der Waals surface area contributed by atoms with E-state index in [-0.39, 0.29) is 11.7 Å². The van der Waals surface area contributed by atoms with Crippen LogP contribution in [0, 0.1) is 0 Å². The molecule has 1 heterocycles. The predicted molar refractivity (Wildman–Crippen MR) is 109 cm³/mol. The summed E-state index contributed by atoms with van der Waals surface area (Å²) in [4.78, 5) is 26.4. The lowest BCUT2D eigenvalue weighted by Gasteiger charge is -2.28. The van der Waals surface area contributed by atoms with Gasteiger partial charge in [0, 0.05) is 17.1 Å². The first-order valence-electron chi connectivity index (χ1n) is 9.55. The van der Waals surface area contributed by atoms with E-state index in [0.717, 1.165) is 28.6 Å². The molecule has 1 aliphatic heterocycles. The summed E-state index contributed by atoms with van der Waals surface area (Å²) < 4.78 is 6.01. The lowest BCUT2D eigenvalue weighted by Crippen LogP contribution is -2.31. The predicted octanol–water partition coefficient (Wildman–Crippen LogP) is 6.34. The fourth-order valence-electron chi connectivity index (χ4n) is 3.22. The molecule has 4 nitrogen and oxygen atoms in total. The fourth-order valence-corrected chi connectivity index (χ4v) is 3.60. The van der Waals surface area contributed by atoms with Gasteiger partial charge in [-0.3, -0.25) is 9.69 Å². The van der Waals surface area contributed by atoms with Gasteiger partial charge >= 0.3 is 6.09 Å². The van der Waals surface area contributed by atoms with Gasteiger partial charge in [-0.1, -0.05) is 61.0 Å². The number of benzene rings is 1. The molecule has 0 fully saturated rings. The van der Waals surface area contributed by atoms with Crippen molar-refractivity contribution in [3.8, 4) is 0 Å². The summed E-state index contributed by atoms with van der Waals surface area (Å²) in [6.45, 7) is 4.30. The summed E-state index contributed by atoms with van der Waals surface area (Å²) in [5.41, 5.74) is 1.57. The van der Waals surface area contributed by atoms with Crippen molar-refractivity contribution < 1.29 is 14.3 Å². The van der Waals surface area contributed by atoms with Gasteiger partial charge < -0.3 is 4.74 Å². The van der Waals surface area contributed by atoms with Crippen LogP contribution in [0.5, 0.6) is 0 Å². The maximum atomic E-state index is 12.8. The van der Waals surface area contributed by atoms with Crippen LogP contribution in [-0.4, -0.2) is 18.5 Å². The molecule has 1 aromatic carbocycles. The third-order valence-corrected chi connectivity index (χ3v) is 5.09. The zero-order chi connectivity index (χ0) is 18.9. The molecule has 0 spiro atoms. The standard InChI is InChI=1S/C21H28BrNO3/c1-3-5-6-7-8-9-10-20(24)17-13-14-23(21(25)26-4-2)19-12-11-16(22)15-18(17)19/h11-15,17H,3-10H2,1-2H3. The molecule has 26 heavy (non-hydrogen) atoms. The molecule has 142 valence electrons. The van der Waals surface area contributed by atoms with Gasteiger partial charge in [0.25, 0.3) is 0 Å². The topological polar surface area (TPSA) is 46.6 Å². The number of hydrogen-bond acceptors (Lipinski definition) is 3. The minimum Gasteiger partial charge on any atom is -0.449 e. The summed E-state index contributed by atoms with van der Waals surface area (Å²) in [6, 6.07) is 5.65. The number of unbranched alkanes of at least 4 members (excludes halogenated alkanes) is 5. The smallest absolute Gasteiger partial charge is 0.418 e. The number of amides is 1. The molecule has 0 N–H and O–H groups in total. The number of carbonyl (C=O) groups excluding carboxylic acids is 2. The Kier molecular flexibility index (Phi) is 8.36. The monoisotopic (exact) mass is 421 g/mol. The van der Waals surface area contributed by atoms with E-state index in [1.807, 2.05) is 24.3 Å². The van der Waals surface area contributed by atoms with Crippen LogP contribution in [0.25, 0.3) is 0 Å². The van der Waals surface area contributed by atoms with Gasteiger partial charge in [0.1, 0.15) is 5.78 Å². The Morgan fingerprint density at radius 1 is 1.12 bits per heavy atom. The summed E-state index contributed by atoms with van der Waals surface area (Å²) in [5, 5.41) is 0. The summed E-state index contributed by atoms with van der Waals surface area (Å²) >= 11 is 3.47. The Balaban J connectivity index is 2.06. The van der Waals surface area contributed by atoms with Crippen molar-refractivity contribution in [2.75, 3.05) is 11.5 Å². The third-order valence-electron chi connectivity index (χ3n) is 4.60. The second kappa shape index (κ2) is 10.5. The maximum Gasteiger partial charge on any atom is 0.418 e. The molecule has 0 saturated carbocycles. The number of Topliss-reactive ketones (excluding diaryl/α,β-unsaturated/α-hetero) is 1. The highest BCUT2D eigenvalue weighted by Crippen LogP contribution is 2.37. The second-order valence-corrected chi connectivity index (χ2v) is 7.49. The molecule has 1 amide bonds. The van der Waals surface area contributed by atoms with Gasteiger partial charge in [0.2, 0.25) is 0 Å². The molecule has 0 radical (unpaired) electrons. The van der Waals surface area contributed by atoms with Crippen molar-refractivity contribution in [2.24, 2.45) is 0 Å². The first-order valence-corrected chi connectivity index (χ1v) is 10.3. The van der Waals surface area contributed by atoms with Crippen molar-refractivity contribution in [1.29, 1.82) is 0 Å². The number of halogens is 1. The summed E-state index contributed by atoms with van der Waals surface area (Å²) in [5.74, 6) is -0.0941. The fraction of sp³-hybridized carbons (Fsp3) is 0.524. The Labute approximate surface area is 164 Å². The summed E-state index contributed by atoms with van der Waals surface area (Å²) in [6.07, 6.45) is 10.6. The van der Waals surface area contributed by atoms with Crippen LogP contribution in [0.15, 0.2) is 34.9 Å². The van der Waals surface area contributed by atoms with Gasteiger partial charge in [0.05, 0.1) is 18.2 Å². The van der Waals surface area contributed by atoms with Crippen LogP contribution in [0.4, 0.5) is 10.5 Å². The molecule has 1 atom stereocenters. The molecule has 0 aliphatic carbocycles. The van der Waals surface area contributed by atoms with E-state index in [1.165, 1.54) is 30.6 Å². The first-order chi connectivity index (χ1) is 12.6. The van der Waals surface area contributed by atoms with Crippen molar-refractivity contribution in [1.82, 2.24) is 0 Å². The number of nitrogens with zero attached hydrogens (tertiary/aromatic N) is 1. The zero-order valence-electron chi connectivity index (χ0n) is 15.7. The zero-order valence-corrected chi connectivity index (χ0v) is 17.3. The van der Waals surface area contributed by atoms with E-state index in [1.54, 1.807) is 13.1 Å². The van der Waals surface area contributed by atoms with E-state index in [0.29, 0.717) is 13.0 Å². The lowest BCUT2D eigenvalue weighted by molar-refractivity contribution is -0.119. The van der Waals surface area contributed by atoms with Crippen molar-refractivity contribution in [3.05, 3.63) is 40.5 Å². The SMILES string of the molecule is CCCCCCCCC(=O)C1C=CN(C(=O)OCC)c2ccc(Br)cc21. The Morgan fingerprint density at radius 3 is 2.58 bits per heavy atom. The van der Waals surface area contributed by atoms with Gasteiger partial charge in [-0.05, 0) is 37.1 Å². The van der Waals surface area contributed by atoms with Crippen molar-refractivity contribution in [3.63, 3.8) is 0 Å². The minimum atomic E-state index is -0.422. The number of rotatable bonds is 9. The molecule has 1 aliphatic rings. The number of fused-ring (bicyclic) bond motifs is 1. The van der Waals surface area contributed by atoms with Crippen LogP contribution in [0.2, 0.25) is 0 Å². The van der Waals surface area contributed by atoms with E-state index in [2.05, 4.69) is 22.9 Å². The normalized spacial score (nSPS) is 15.7. The maximum absolute atomic E-state index is 12.8. The highest BCUT2D eigenvalue weighted by molar-refractivity contribution is 9.10. The van der Waals surface area contributed by atoms with Crippen molar-refractivity contribution >= 4 is 33.5 Å². The van der Waals surface area contributed by atoms with Gasteiger partial charge in [-0.2, -0.15) is 0 Å². The van der Waals surface area contributed by atoms with Crippen LogP contribution in [-0.2, 0) is 9.53 Å². The number of anilines is 1. The van der Waals surface area contributed by atoms with Gasteiger partial charge in [-0.15, -0.1) is 0 Å². The Morgan fingerprint density at radius 2 is 1.85 bits per heavy atom. The first kappa shape index (κ1) is 20.7. The molecule has 2 rings (SSSR count). The molecular formula is C21H28BrNO3. The average Bonchev–Trinajstić information content (AvgIpc) is 2.63. The molecule has 0 bridgehead atoms. The average molecular weight is 422 g/mol. The minimum absolute atomic E-state index is 0.208. The van der Waals surface area contributed by atoms with Crippen LogP contribution >= 0.6 is 15.9 Å². The molecule has 1 unspecified atom stereocenters. The number of ketones is 1. The van der Waals surface area contributed by atoms with E-state index >= 15 is 0 Å². The Bertz CT molecular complexity index is 657. The van der Waals surface area contributed by atoms with E-state index in [9.17, 15) is 9.59 Å². The number of allylic oxidation sites excluding steroid dienone is 1. The quantitative estimate of drug-likeness (QED) is 0.436. The largest absolute Gasteiger partial charge is 0.449 e. The molecular weight excluding hydrogens is 394 g/mol. The summed E-state index contributed by atoms with van der Waals surface area (Å²) in [7, 11) is 0. The highest BCUT2D eigenvalue weighted by atomic mass is 79.9. The lowest BCUT2D eigenvalue weighted by atomic mass is 9.88. The van der Waals surface area contributed by atoms with E-state index in [4.69, 9.17) is 4.74 Å². The Hall–Kier alpha value is -1.62. The number of hydrogen-bond donors (Lipinski definition) is 0. The van der Waals surface area contributed by atoms with Gasteiger partial charge in [-0.25, -0.2) is 4.79 Å². The third kappa shape index (κ3) is 5.44. The molecule has 5 heteroatoms. The second-order valence-electron chi connectivity index (χ2n) is 6.58. The van der Waals surface area contributed by atoms with Gasteiger partial charge in [0.15, 0.2) is 0 Å². The molecule has 1 aromatic rings. The number of carbonyl (C=O) groups is 2. The number of ether oxygens (including phenoxy) is 1.